The van der Waals surface area contributed by atoms with Crippen molar-refractivity contribution in [2.75, 3.05) is 0 Å². The lowest BCUT2D eigenvalue weighted by Crippen LogP contribution is -2.32. The highest BCUT2D eigenvalue weighted by Crippen LogP contribution is 2.43. The minimum Gasteiger partial charge on any atom is -0.477 e. The second-order valence-electron chi connectivity index (χ2n) is 5.72. The van der Waals surface area contributed by atoms with Crippen molar-refractivity contribution < 1.29 is 4.74 Å². The van der Waals surface area contributed by atoms with Crippen molar-refractivity contribution in [1.29, 1.82) is 0 Å². The van der Waals surface area contributed by atoms with Gasteiger partial charge in [-0.25, -0.2) is 0 Å². The van der Waals surface area contributed by atoms with Gasteiger partial charge in [0.15, 0.2) is 11.9 Å². The van der Waals surface area contributed by atoms with Crippen LogP contribution in [0.2, 0.25) is 0 Å². The summed E-state index contributed by atoms with van der Waals surface area (Å²) in [7, 11) is 0. The Labute approximate surface area is 109 Å². The summed E-state index contributed by atoms with van der Waals surface area (Å²) in [6.45, 7) is 0. The van der Waals surface area contributed by atoms with E-state index >= 15 is 0 Å². The quantitative estimate of drug-likeness (QED) is 0.645. The van der Waals surface area contributed by atoms with Crippen LogP contribution in [-0.4, -0.2) is 6.10 Å². The predicted molar refractivity (Wildman–Crippen MR) is 75.8 cm³/mol. The minimum atomic E-state index is 0.259. The fourth-order valence-corrected chi connectivity index (χ4v) is 3.97. The van der Waals surface area contributed by atoms with Gasteiger partial charge in [-0.3, -0.25) is 0 Å². The topological polar surface area (TPSA) is 12.5 Å². The maximum Gasteiger partial charge on any atom is 0.181 e. The van der Waals surface area contributed by atoms with Crippen LogP contribution in [0.1, 0.15) is 17.0 Å². The van der Waals surface area contributed by atoms with Gasteiger partial charge >= 0.3 is 0 Å². The number of benzene rings is 2. The lowest BCUT2D eigenvalue weighted by atomic mass is 9.81. The Morgan fingerprint density at radius 1 is 1.05 bits per heavy atom. The third-order valence-corrected chi connectivity index (χ3v) is 4.80. The van der Waals surface area contributed by atoms with E-state index in [-0.39, 0.29) is 6.10 Å². The van der Waals surface area contributed by atoms with Gasteiger partial charge in [0.1, 0.15) is 0 Å². The van der Waals surface area contributed by atoms with Crippen LogP contribution in [0.4, 0.5) is 0 Å². The third-order valence-electron chi connectivity index (χ3n) is 4.80. The third kappa shape index (κ3) is 0.830. The van der Waals surface area contributed by atoms with Crippen LogP contribution in [0.3, 0.4) is 0 Å². The summed E-state index contributed by atoms with van der Waals surface area (Å²) in [6.07, 6.45) is 9.43. The van der Waals surface area contributed by atoms with Gasteiger partial charge in [-0.1, -0.05) is 42.5 Å². The van der Waals surface area contributed by atoms with Crippen molar-refractivity contribution in [3.05, 3.63) is 64.1 Å². The summed E-state index contributed by atoms with van der Waals surface area (Å²) in [5, 5.41) is 5.59. The minimum absolute atomic E-state index is 0.259. The van der Waals surface area contributed by atoms with Gasteiger partial charge in [0.2, 0.25) is 0 Å². The van der Waals surface area contributed by atoms with Gasteiger partial charge in [-0.05, 0) is 33.2 Å². The smallest absolute Gasteiger partial charge is 0.181 e. The van der Waals surface area contributed by atoms with Crippen LogP contribution in [0.5, 0.6) is 0 Å². The maximum atomic E-state index is 5.71. The molecule has 0 bridgehead atoms. The highest BCUT2D eigenvalue weighted by Gasteiger charge is 2.43. The average molecular weight is 242 g/mol. The van der Waals surface area contributed by atoms with Crippen molar-refractivity contribution >= 4 is 28.2 Å². The van der Waals surface area contributed by atoms with E-state index in [0.29, 0.717) is 5.92 Å². The molecule has 1 nitrogen and oxygen atoms in total. The first-order valence-corrected chi connectivity index (χ1v) is 6.79. The Balaban J connectivity index is 2.04. The zero-order valence-electron chi connectivity index (χ0n) is 10.2. The maximum absolute atomic E-state index is 5.71. The summed E-state index contributed by atoms with van der Waals surface area (Å²) in [4.78, 5) is 0. The molecule has 2 aromatic rings. The molecule has 0 amide bonds. The average Bonchev–Trinajstić information content (AvgIpc) is 3.19. The lowest BCUT2D eigenvalue weighted by molar-refractivity contribution is 0.488. The Morgan fingerprint density at radius 3 is 3.00 bits per heavy atom. The Morgan fingerprint density at radius 2 is 2.00 bits per heavy atom. The van der Waals surface area contributed by atoms with Crippen molar-refractivity contribution in [3.8, 4) is 0 Å². The molecule has 1 fully saturated rings. The number of fused-ring (bicyclic) bond motifs is 2. The number of ether oxygens (including phenoxy) is 1. The Kier molecular flexibility index (Phi) is 1.16. The number of hydrogen-bond donors (Lipinski definition) is 0. The Hall–Kier alpha value is -2.28. The standard InChI is InChI=1S/C18H10O/c1-2-9-4-5-10-6-7-12-16-13(18-17(12)19-18)8-11(3-1)14(9)15(10)16/h1-8,10,17H. The molecule has 0 aromatic heterocycles. The van der Waals surface area contributed by atoms with Gasteiger partial charge in [0.05, 0.1) is 0 Å². The molecular weight excluding hydrogens is 232 g/mol. The largest absolute Gasteiger partial charge is 0.477 e. The van der Waals surface area contributed by atoms with E-state index in [0.717, 1.165) is 0 Å². The van der Waals surface area contributed by atoms with Crippen molar-refractivity contribution in [2.24, 2.45) is 0 Å². The predicted octanol–water partition coefficient (Wildman–Crippen LogP) is 2.19. The van der Waals surface area contributed by atoms with E-state index in [1.165, 1.54) is 43.7 Å². The molecule has 1 heteroatoms. The molecule has 88 valence electrons. The first-order valence-electron chi connectivity index (χ1n) is 6.79. The first kappa shape index (κ1) is 8.76. The molecule has 2 aromatic carbocycles. The molecule has 6 rings (SSSR count). The molecule has 0 saturated carbocycles. The zero-order valence-corrected chi connectivity index (χ0v) is 10.2. The van der Waals surface area contributed by atoms with Gasteiger partial charge in [-0.2, -0.15) is 0 Å². The molecule has 0 spiro atoms. The fraction of sp³-hybridized carbons (Fsp3) is 0.111. The van der Waals surface area contributed by atoms with Crippen molar-refractivity contribution in [2.45, 2.75) is 12.0 Å². The second kappa shape index (κ2) is 2.53. The molecule has 3 aliphatic carbocycles. The summed E-state index contributed by atoms with van der Waals surface area (Å²) in [5.74, 6) is 1.63. The lowest BCUT2D eigenvalue weighted by Gasteiger charge is -2.23. The molecule has 0 radical (unpaired) electrons. The second-order valence-corrected chi connectivity index (χ2v) is 5.72. The number of epoxide rings is 1. The van der Waals surface area contributed by atoms with E-state index in [9.17, 15) is 0 Å². The van der Waals surface area contributed by atoms with E-state index in [1.807, 2.05) is 0 Å². The van der Waals surface area contributed by atoms with Crippen LogP contribution in [-0.2, 0) is 4.74 Å². The molecule has 19 heavy (non-hydrogen) atoms. The summed E-state index contributed by atoms with van der Waals surface area (Å²) < 4.78 is 5.71. The van der Waals surface area contributed by atoms with Crippen LogP contribution >= 0.6 is 0 Å². The van der Waals surface area contributed by atoms with Gasteiger partial charge in [-0.15, -0.1) is 0 Å². The van der Waals surface area contributed by atoms with Crippen LogP contribution < -0.4 is 10.4 Å². The van der Waals surface area contributed by atoms with Gasteiger partial charge < -0.3 is 4.74 Å². The first-order chi connectivity index (χ1) is 9.42. The summed E-state index contributed by atoms with van der Waals surface area (Å²) in [6, 6.07) is 8.90. The van der Waals surface area contributed by atoms with Gasteiger partial charge in [0, 0.05) is 16.7 Å². The molecule has 0 N–H and O–H groups in total. The normalized spacial score (nSPS) is 26.7. The zero-order chi connectivity index (χ0) is 12.1. The molecular formula is C18H10O. The summed E-state index contributed by atoms with van der Waals surface area (Å²) >= 11 is 0. The van der Waals surface area contributed by atoms with Crippen LogP contribution in [0, 0.1) is 0 Å². The van der Waals surface area contributed by atoms with Crippen molar-refractivity contribution in [1.82, 2.24) is 0 Å². The molecule has 1 saturated heterocycles. The van der Waals surface area contributed by atoms with Crippen molar-refractivity contribution in [3.63, 3.8) is 0 Å². The van der Waals surface area contributed by atoms with E-state index in [1.54, 1.807) is 0 Å². The number of allylic oxidation sites excluding steroid dienone is 2. The van der Waals surface area contributed by atoms with Gasteiger partial charge in [0.25, 0.3) is 0 Å². The molecule has 2 unspecified atom stereocenters. The molecule has 4 aliphatic rings. The number of hydrogen-bond acceptors (Lipinski definition) is 1. The van der Waals surface area contributed by atoms with Crippen LogP contribution in [0.25, 0.3) is 28.2 Å². The van der Waals surface area contributed by atoms with Crippen LogP contribution in [0.15, 0.2) is 42.5 Å². The highest BCUT2D eigenvalue weighted by molar-refractivity contribution is 6.00. The molecule has 2 atom stereocenters. The monoisotopic (exact) mass is 242 g/mol. The summed E-state index contributed by atoms with van der Waals surface area (Å²) in [5.41, 5.74) is 4.24. The highest BCUT2D eigenvalue weighted by atomic mass is 16.6. The van der Waals surface area contributed by atoms with E-state index in [4.69, 9.17) is 4.74 Å². The van der Waals surface area contributed by atoms with E-state index in [2.05, 4.69) is 48.6 Å². The molecule has 1 heterocycles. The molecule has 1 aliphatic heterocycles. The fourth-order valence-electron chi connectivity index (χ4n) is 3.97. The SMILES string of the molecule is C1=CC2C=Cc3cccc4cc5c(c2c34)=C1C1OC=51. The Bertz CT molecular complexity index is 989. The van der Waals surface area contributed by atoms with E-state index < -0.39 is 0 Å². The number of rotatable bonds is 0.